The molecule has 0 aliphatic heterocycles. The number of unbranched alkanes of at least 4 members (excludes halogenated alkanes) is 5. The van der Waals surface area contributed by atoms with Gasteiger partial charge in [-0.15, -0.1) is 0 Å². The second-order valence-electron chi connectivity index (χ2n) is 7.64. The Hall–Kier alpha value is -0.720. The van der Waals surface area contributed by atoms with Crippen LogP contribution < -0.4 is 10.2 Å². The van der Waals surface area contributed by atoms with Crippen LogP contribution in [0.2, 0.25) is 0 Å². The van der Waals surface area contributed by atoms with Crippen molar-refractivity contribution >= 4 is 13.7 Å². The van der Waals surface area contributed by atoms with Crippen LogP contribution in [0.1, 0.15) is 51.9 Å². The van der Waals surface area contributed by atoms with Crippen molar-refractivity contribution in [2.24, 2.45) is 0 Å². The number of nitrogens with zero attached hydrogens (tertiary/aromatic N) is 1. The minimum Gasteiger partial charge on any atom is -0.756 e. The highest BCUT2D eigenvalue weighted by Crippen LogP contribution is 2.38. The summed E-state index contributed by atoms with van der Waals surface area (Å²) in [5.41, 5.74) is 0.514. The zero-order chi connectivity index (χ0) is 20.1. The fourth-order valence-corrected chi connectivity index (χ4v) is 2.97. The van der Waals surface area contributed by atoms with Crippen molar-refractivity contribution in [1.29, 1.82) is 0 Å². The highest BCUT2D eigenvalue weighted by Gasteiger charge is 2.10. The molecule has 0 heterocycles. The van der Waals surface area contributed by atoms with E-state index in [1.54, 1.807) is 6.92 Å². The maximum atomic E-state index is 11.6. The Kier molecular flexibility index (Phi) is 13.1. The molecular formula is C18H37N2O5P. The topological polar surface area (TPSA) is 87.7 Å². The van der Waals surface area contributed by atoms with Crippen LogP contribution in [0.25, 0.3) is 0 Å². The van der Waals surface area contributed by atoms with Gasteiger partial charge < -0.3 is 23.7 Å². The Bertz CT molecular complexity index is 463. The van der Waals surface area contributed by atoms with E-state index in [0.717, 1.165) is 43.1 Å². The number of phosphoric acid groups is 1. The van der Waals surface area contributed by atoms with Crippen molar-refractivity contribution in [2.75, 3.05) is 47.4 Å². The smallest absolute Gasteiger partial charge is 0.267 e. The van der Waals surface area contributed by atoms with Crippen LogP contribution in [0.4, 0.5) is 0 Å². The summed E-state index contributed by atoms with van der Waals surface area (Å²) in [6.07, 6.45) is 6.03. The SMILES string of the molecule is C=C(C)C(=O)NCCCCCCCOP(=O)([O-])OCCCC[N+](C)(C)C. The number of nitrogens with one attached hydrogen (secondary N) is 1. The van der Waals surface area contributed by atoms with Crippen LogP contribution in [0, 0.1) is 0 Å². The van der Waals surface area contributed by atoms with Crippen LogP contribution in [-0.2, 0) is 18.4 Å². The Morgan fingerprint density at radius 2 is 1.50 bits per heavy atom. The van der Waals surface area contributed by atoms with E-state index in [4.69, 9.17) is 9.05 Å². The highest BCUT2D eigenvalue weighted by atomic mass is 31.2. The fraction of sp³-hybridized carbons (Fsp3) is 0.833. The molecule has 0 rings (SSSR count). The summed E-state index contributed by atoms with van der Waals surface area (Å²) in [5.74, 6) is -0.109. The predicted molar refractivity (Wildman–Crippen MR) is 103 cm³/mol. The van der Waals surface area contributed by atoms with E-state index in [1.807, 2.05) is 0 Å². The lowest BCUT2D eigenvalue weighted by atomic mass is 10.1. The lowest BCUT2D eigenvalue weighted by molar-refractivity contribution is -0.870. The number of rotatable bonds is 16. The van der Waals surface area contributed by atoms with Gasteiger partial charge in [0.1, 0.15) is 0 Å². The summed E-state index contributed by atoms with van der Waals surface area (Å²) in [5, 5.41) is 2.78. The zero-order valence-electron chi connectivity index (χ0n) is 16.9. The number of carbonyl (C=O) groups excluding carboxylic acids is 1. The van der Waals surface area contributed by atoms with Gasteiger partial charge in [-0.25, -0.2) is 0 Å². The van der Waals surface area contributed by atoms with Crippen molar-refractivity contribution in [1.82, 2.24) is 5.32 Å². The molecule has 1 unspecified atom stereocenters. The number of quaternary nitrogens is 1. The number of hydrogen-bond acceptors (Lipinski definition) is 5. The molecule has 0 saturated carbocycles. The van der Waals surface area contributed by atoms with E-state index in [0.29, 0.717) is 25.0 Å². The van der Waals surface area contributed by atoms with E-state index in [9.17, 15) is 14.3 Å². The molecule has 1 atom stereocenters. The summed E-state index contributed by atoms with van der Waals surface area (Å²) in [6, 6.07) is 0. The molecule has 0 aromatic carbocycles. The van der Waals surface area contributed by atoms with E-state index < -0.39 is 7.82 Å². The zero-order valence-corrected chi connectivity index (χ0v) is 17.8. The third-order valence-corrected chi connectivity index (χ3v) is 4.71. The van der Waals surface area contributed by atoms with Crippen molar-refractivity contribution in [2.45, 2.75) is 51.9 Å². The average molecular weight is 392 g/mol. The van der Waals surface area contributed by atoms with Gasteiger partial charge in [0.05, 0.1) is 40.9 Å². The molecule has 154 valence electrons. The minimum atomic E-state index is -4.17. The predicted octanol–water partition coefficient (Wildman–Crippen LogP) is 2.62. The quantitative estimate of drug-likeness (QED) is 0.189. The molecule has 1 N–H and O–H groups in total. The van der Waals surface area contributed by atoms with Crippen molar-refractivity contribution in [3.8, 4) is 0 Å². The van der Waals surface area contributed by atoms with Gasteiger partial charge in [-0.2, -0.15) is 0 Å². The Morgan fingerprint density at radius 3 is 2.04 bits per heavy atom. The lowest BCUT2D eigenvalue weighted by Crippen LogP contribution is -2.35. The van der Waals surface area contributed by atoms with Crippen LogP contribution in [0.15, 0.2) is 12.2 Å². The van der Waals surface area contributed by atoms with Crippen LogP contribution in [0.3, 0.4) is 0 Å². The first-order valence-corrected chi connectivity index (χ1v) is 10.8. The van der Waals surface area contributed by atoms with Gasteiger partial charge in [-0.3, -0.25) is 9.36 Å². The molecule has 26 heavy (non-hydrogen) atoms. The van der Waals surface area contributed by atoms with E-state index in [-0.39, 0.29) is 19.1 Å². The van der Waals surface area contributed by atoms with Gasteiger partial charge in [0.2, 0.25) is 5.91 Å². The first-order chi connectivity index (χ1) is 12.0. The number of phosphoric ester groups is 1. The molecule has 0 radical (unpaired) electrons. The maximum absolute atomic E-state index is 11.6. The molecule has 0 aliphatic rings. The van der Waals surface area contributed by atoms with Crippen molar-refractivity contribution < 1.29 is 27.8 Å². The Labute approximate surface area is 159 Å². The molecule has 0 aliphatic carbocycles. The number of carbonyl (C=O) groups is 1. The van der Waals surface area contributed by atoms with Crippen LogP contribution in [0.5, 0.6) is 0 Å². The summed E-state index contributed by atoms with van der Waals surface area (Å²) in [6.45, 7) is 7.21. The normalized spacial score (nSPS) is 14.0. The van der Waals surface area contributed by atoms with Gasteiger partial charge >= 0.3 is 0 Å². The van der Waals surface area contributed by atoms with Crippen molar-refractivity contribution in [3.63, 3.8) is 0 Å². The summed E-state index contributed by atoms with van der Waals surface area (Å²) >= 11 is 0. The van der Waals surface area contributed by atoms with Gasteiger partial charge in [-0.05, 0) is 32.6 Å². The molecule has 1 amide bonds. The first kappa shape index (κ1) is 25.3. The molecule has 8 heteroatoms. The fourth-order valence-electron chi connectivity index (χ4n) is 2.19. The van der Waals surface area contributed by atoms with Crippen molar-refractivity contribution in [3.05, 3.63) is 12.2 Å². The minimum absolute atomic E-state index is 0.109. The highest BCUT2D eigenvalue weighted by molar-refractivity contribution is 7.45. The second-order valence-corrected chi connectivity index (χ2v) is 9.05. The van der Waals surface area contributed by atoms with Gasteiger partial charge in [0, 0.05) is 12.1 Å². The molecular weight excluding hydrogens is 355 g/mol. The monoisotopic (exact) mass is 392 g/mol. The summed E-state index contributed by atoms with van der Waals surface area (Å²) in [4.78, 5) is 22.9. The molecule has 7 nitrogen and oxygen atoms in total. The first-order valence-electron chi connectivity index (χ1n) is 9.38. The molecule has 0 fully saturated rings. The number of hydrogen-bond donors (Lipinski definition) is 1. The Morgan fingerprint density at radius 1 is 1.00 bits per heavy atom. The van der Waals surface area contributed by atoms with E-state index in [2.05, 4.69) is 33.0 Å². The average Bonchev–Trinajstić information content (AvgIpc) is 2.51. The number of amides is 1. The van der Waals surface area contributed by atoms with Crippen LogP contribution >= 0.6 is 7.82 Å². The Balaban J connectivity index is 3.51. The van der Waals surface area contributed by atoms with Gasteiger partial charge in [0.15, 0.2) is 0 Å². The van der Waals surface area contributed by atoms with Gasteiger partial charge in [-0.1, -0.05) is 25.8 Å². The summed E-state index contributed by atoms with van der Waals surface area (Å²) < 4.78 is 22.2. The second kappa shape index (κ2) is 13.4. The third-order valence-electron chi connectivity index (χ3n) is 3.72. The molecule has 0 aromatic heterocycles. The van der Waals surface area contributed by atoms with E-state index in [1.165, 1.54) is 0 Å². The standard InChI is InChI=1S/C18H37N2O5P/c1-17(2)18(21)19-13-9-7-6-8-11-15-24-26(22,23)25-16-12-10-14-20(3,4)5/h1,6-16H2,2-5H3,(H-,19,21,22,23). The van der Waals surface area contributed by atoms with Gasteiger partial charge in [0.25, 0.3) is 7.82 Å². The van der Waals surface area contributed by atoms with Crippen LogP contribution in [-0.4, -0.2) is 57.8 Å². The summed E-state index contributed by atoms with van der Waals surface area (Å²) in [7, 11) is 2.12. The van der Waals surface area contributed by atoms with E-state index >= 15 is 0 Å². The molecule has 0 spiro atoms. The molecule has 0 aromatic rings. The lowest BCUT2D eigenvalue weighted by Gasteiger charge is -2.25. The maximum Gasteiger partial charge on any atom is 0.267 e. The third kappa shape index (κ3) is 16.7. The molecule has 0 saturated heterocycles. The molecule has 0 bridgehead atoms. The largest absolute Gasteiger partial charge is 0.756 e.